The summed E-state index contributed by atoms with van der Waals surface area (Å²) in [5.41, 5.74) is 3.76. The summed E-state index contributed by atoms with van der Waals surface area (Å²) in [7, 11) is 0. The lowest BCUT2D eigenvalue weighted by atomic mass is 9.98. The summed E-state index contributed by atoms with van der Waals surface area (Å²) in [6.07, 6.45) is 6.95. The van der Waals surface area contributed by atoms with Crippen molar-refractivity contribution in [2.24, 2.45) is 0 Å². The second kappa shape index (κ2) is 12.9. The Bertz CT molecular complexity index is 915. The lowest BCUT2D eigenvalue weighted by Crippen LogP contribution is -2.34. The predicted molar refractivity (Wildman–Crippen MR) is 138 cm³/mol. The van der Waals surface area contributed by atoms with Crippen LogP contribution in [0.4, 0.5) is 5.69 Å². The maximum absolute atomic E-state index is 12.1. The highest BCUT2D eigenvalue weighted by Crippen LogP contribution is 2.24. The van der Waals surface area contributed by atoms with E-state index in [1.165, 1.54) is 32.4 Å². The van der Waals surface area contributed by atoms with E-state index >= 15 is 0 Å². The van der Waals surface area contributed by atoms with E-state index in [1.807, 2.05) is 50.3 Å². The van der Waals surface area contributed by atoms with Crippen LogP contribution in [-0.2, 0) is 4.79 Å². The Morgan fingerprint density at radius 2 is 1.70 bits per heavy atom. The minimum Gasteiger partial charge on any atom is -0.372 e. The van der Waals surface area contributed by atoms with E-state index < -0.39 is 0 Å². The van der Waals surface area contributed by atoms with Gasteiger partial charge in [-0.05, 0) is 76.0 Å². The summed E-state index contributed by atoms with van der Waals surface area (Å²) in [6, 6.07) is 18.3. The molecule has 0 radical (unpaired) electrons. The quantitative estimate of drug-likeness (QED) is 0.328. The molecule has 1 fully saturated rings. The minimum absolute atomic E-state index is 0.0321. The van der Waals surface area contributed by atoms with Crippen LogP contribution in [0.1, 0.15) is 56.7 Å². The largest absolute Gasteiger partial charge is 0.372 e. The molecule has 2 aromatic rings. The molecule has 1 unspecified atom stereocenters. The van der Waals surface area contributed by atoms with Gasteiger partial charge in [-0.15, -0.1) is 0 Å². The van der Waals surface area contributed by atoms with Gasteiger partial charge >= 0.3 is 0 Å². The molecule has 1 heterocycles. The molecule has 33 heavy (non-hydrogen) atoms. The van der Waals surface area contributed by atoms with Crippen molar-refractivity contribution in [1.29, 1.82) is 0 Å². The molecule has 1 aliphatic heterocycles. The number of piperidine rings is 1. The molecule has 176 valence electrons. The summed E-state index contributed by atoms with van der Waals surface area (Å²) >= 11 is 0. The molecule has 5 nitrogen and oxygen atoms in total. The van der Waals surface area contributed by atoms with Crippen molar-refractivity contribution in [1.82, 2.24) is 15.5 Å². The molecule has 0 spiro atoms. The van der Waals surface area contributed by atoms with E-state index in [2.05, 4.69) is 51.7 Å². The summed E-state index contributed by atoms with van der Waals surface area (Å²) in [6.45, 7) is 12.4. The number of allylic oxidation sites excluding steroid dienone is 1. The van der Waals surface area contributed by atoms with Crippen LogP contribution in [0.5, 0.6) is 0 Å². The number of likely N-dealkylation sites (tertiary alicyclic amines) is 1. The molecule has 1 atom stereocenters. The van der Waals surface area contributed by atoms with E-state index in [-0.39, 0.29) is 11.9 Å². The first-order valence-electron chi connectivity index (χ1n) is 12.1. The van der Waals surface area contributed by atoms with E-state index in [0.29, 0.717) is 5.57 Å². The predicted octanol–water partition coefficient (Wildman–Crippen LogP) is 5.21. The van der Waals surface area contributed by atoms with Gasteiger partial charge in [0, 0.05) is 17.8 Å². The van der Waals surface area contributed by atoms with Gasteiger partial charge in [0.1, 0.15) is 0 Å². The molecule has 0 aromatic heterocycles. The zero-order chi connectivity index (χ0) is 23.5. The Morgan fingerprint density at radius 1 is 1.03 bits per heavy atom. The fourth-order valence-corrected chi connectivity index (χ4v) is 4.07. The smallest absolute Gasteiger partial charge is 0.250 e. The first-order chi connectivity index (χ1) is 16.1. The summed E-state index contributed by atoms with van der Waals surface area (Å²) < 4.78 is 0. The van der Waals surface area contributed by atoms with Gasteiger partial charge in [0.15, 0.2) is 0 Å². The zero-order valence-corrected chi connectivity index (χ0v) is 20.1. The maximum Gasteiger partial charge on any atom is 0.250 e. The van der Waals surface area contributed by atoms with E-state index in [9.17, 15) is 4.79 Å². The molecule has 2 aromatic carbocycles. The maximum atomic E-state index is 12.1. The van der Waals surface area contributed by atoms with Crippen LogP contribution < -0.4 is 16.0 Å². The standard InChI is InChI=1S/C28H38N4O/c1-4-22(2)28(33)31-26-16-14-25(15-17-26)27(24-12-7-5-8-13-24)30-23(3)29-18-11-21-32-19-9-6-10-20-32/h4-5,7-8,12-17,27,29-30H,3,6,9-11,18-21H2,1-2H3,(H,31,33)/b22-4-. The fourth-order valence-electron chi connectivity index (χ4n) is 4.07. The molecular weight excluding hydrogens is 408 g/mol. The van der Waals surface area contributed by atoms with Gasteiger partial charge in [-0.3, -0.25) is 4.79 Å². The Balaban J connectivity index is 1.59. The number of carbonyl (C=O) groups excluding carboxylic acids is 1. The van der Waals surface area contributed by atoms with E-state index in [0.717, 1.165) is 42.1 Å². The fraction of sp³-hybridized carbons (Fsp3) is 0.393. The van der Waals surface area contributed by atoms with Gasteiger partial charge in [-0.25, -0.2) is 0 Å². The molecule has 5 heteroatoms. The third-order valence-electron chi connectivity index (χ3n) is 6.18. The highest BCUT2D eigenvalue weighted by atomic mass is 16.1. The summed E-state index contributed by atoms with van der Waals surface area (Å²) in [5, 5.41) is 9.95. The number of hydrogen-bond acceptors (Lipinski definition) is 4. The minimum atomic E-state index is -0.0786. The van der Waals surface area contributed by atoms with Crippen molar-refractivity contribution in [3.63, 3.8) is 0 Å². The van der Waals surface area contributed by atoms with Crippen molar-refractivity contribution < 1.29 is 4.79 Å². The Morgan fingerprint density at radius 3 is 2.36 bits per heavy atom. The number of nitrogens with one attached hydrogen (secondary N) is 3. The first kappa shape index (κ1) is 24.6. The van der Waals surface area contributed by atoms with Crippen LogP contribution in [0.2, 0.25) is 0 Å². The monoisotopic (exact) mass is 446 g/mol. The Labute approximate surface area is 199 Å². The molecule has 1 saturated heterocycles. The highest BCUT2D eigenvalue weighted by molar-refractivity contribution is 6.03. The lowest BCUT2D eigenvalue weighted by molar-refractivity contribution is -0.112. The summed E-state index contributed by atoms with van der Waals surface area (Å²) in [4.78, 5) is 14.7. The second-order valence-electron chi connectivity index (χ2n) is 8.70. The van der Waals surface area contributed by atoms with Crippen LogP contribution in [0.25, 0.3) is 0 Å². The van der Waals surface area contributed by atoms with Crippen LogP contribution in [0, 0.1) is 0 Å². The topological polar surface area (TPSA) is 56.4 Å². The zero-order valence-electron chi connectivity index (χ0n) is 20.1. The molecule has 3 N–H and O–H groups in total. The van der Waals surface area contributed by atoms with Gasteiger partial charge in [0.2, 0.25) is 0 Å². The molecule has 3 rings (SSSR count). The lowest BCUT2D eigenvalue weighted by Gasteiger charge is -2.27. The van der Waals surface area contributed by atoms with Crippen LogP contribution in [0.3, 0.4) is 0 Å². The van der Waals surface area contributed by atoms with Crippen molar-refractivity contribution in [3.8, 4) is 0 Å². The molecule has 1 aliphatic rings. The number of amides is 1. The van der Waals surface area contributed by atoms with Crippen molar-refractivity contribution in [3.05, 3.63) is 89.8 Å². The Kier molecular flexibility index (Phi) is 9.58. The second-order valence-corrected chi connectivity index (χ2v) is 8.70. The van der Waals surface area contributed by atoms with Crippen molar-refractivity contribution in [2.75, 3.05) is 31.5 Å². The summed E-state index contributed by atoms with van der Waals surface area (Å²) in [5.74, 6) is 0.744. The van der Waals surface area contributed by atoms with Gasteiger partial charge < -0.3 is 20.9 Å². The SMILES string of the molecule is C=C(NCCCN1CCCCC1)NC(c1ccccc1)c1ccc(NC(=O)/C(C)=C\C)cc1. The van der Waals surface area contributed by atoms with Crippen LogP contribution >= 0.6 is 0 Å². The number of hydrogen-bond donors (Lipinski definition) is 3. The van der Waals surface area contributed by atoms with Crippen LogP contribution in [-0.4, -0.2) is 37.0 Å². The van der Waals surface area contributed by atoms with Crippen LogP contribution in [0.15, 0.2) is 78.6 Å². The number of nitrogens with zero attached hydrogens (tertiary/aromatic N) is 1. The van der Waals surface area contributed by atoms with Crippen molar-refractivity contribution >= 4 is 11.6 Å². The molecule has 0 bridgehead atoms. The number of carbonyl (C=O) groups is 1. The normalized spacial score (nSPS) is 15.5. The van der Waals surface area contributed by atoms with Gasteiger partial charge in [-0.1, -0.05) is 61.5 Å². The molecule has 1 amide bonds. The van der Waals surface area contributed by atoms with Gasteiger partial charge in [0.05, 0.1) is 11.9 Å². The van der Waals surface area contributed by atoms with Gasteiger partial charge in [0.25, 0.3) is 5.91 Å². The van der Waals surface area contributed by atoms with E-state index in [4.69, 9.17) is 0 Å². The Hall–Kier alpha value is -3.05. The molecule has 0 aliphatic carbocycles. The average molecular weight is 447 g/mol. The number of benzene rings is 2. The van der Waals surface area contributed by atoms with Gasteiger partial charge in [-0.2, -0.15) is 0 Å². The van der Waals surface area contributed by atoms with E-state index in [1.54, 1.807) is 0 Å². The third kappa shape index (κ3) is 7.79. The highest BCUT2D eigenvalue weighted by Gasteiger charge is 2.15. The third-order valence-corrected chi connectivity index (χ3v) is 6.18. The molecular formula is C28H38N4O. The van der Waals surface area contributed by atoms with Crippen molar-refractivity contribution in [2.45, 2.75) is 45.6 Å². The number of anilines is 1. The average Bonchev–Trinajstić information content (AvgIpc) is 2.86. The number of rotatable bonds is 11. The first-order valence-corrected chi connectivity index (χ1v) is 12.1. The molecule has 0 saturated carbocycles.